The second kappa shape index (κ2) is 4.05. The fraction of sp³-hybridized carbons (Fsp3) is 0.182. The topological polar surface area (TPSA) is 37.4 Å². The Morgan fingerprint density at radius 2 is 1.50 bits per heavy atom. The number of rotatable bonds is 1. The molecule has 73 valence electrons. The van der Waals surface area contributed by atoms with Crippen LogP contribution in [0.3, 0.4) is 0 Å². The van der Waals surface area contributed by atoms with E-state index in [9.17, 15) is 9.59 Å². The molecule has 0 atom stereocenters. The van der Waals surface area contributed by atoms with E-state index < -0.39 is 0 Å². The normalized spacial score (nSPS) is 9.64. The number of hydrogen-bond acceptors (Lipinski definition) is 2. The molecule has 0 unspecified atom stereocenters. The van der Waals surface area contributed by atoms with E-state index >= 15 is 0 Å². The van der Waals surface area contributed by atoms with Gasteiger partial charge in [0.15, 0.2) is 0 Å². The van der Waals surface area contributed by atoms with Crippen molar-refractivity contribution in [1.29, 1.82) is 0 Å². The molecular formula is C11H12NO2. The quantitative estimate of drug-likeness (QED) is 0.676. The van der Waals surface area contributed by atoms with Crippen LogP contribution in [0.1, 0.15) is 19.4 Å². The highest BCUT2D eigenvalue weighted by Gasteiger charge is 2.15. The van der Waals surface area contributed by atoms with E-state index in [1.54, 1.807) is 24.3 Å². The van der Waals surface area contributed by atoms with Gasteiger partial charge in [0.1, 0.15) is 0 Å². The Kier molecular flexibility index (Phi) is 3.02. The molecule has 2 amide bonds. The first-order valence-electron chi connectivity index (χ1n) is 4.25. The summed E-state index contributed by atoms with van der Waals surface area (Å²) in [5.41, 5.74) is 1.43. The van der Waals surface area contributed by atoms with E-state index in [4.69, 9.17) is 0 Å². The maximum atomic E-state index is 11.2. The van der Waals surface area contributed by atoms with Crippen molar-refractivity contribution in [3.8, 4) is 0 Å². The molecule has 0 N–H and O–H groups in total. The Balaban J connectivity index is 3.06. The first-order valence-corrected chi connectivity index (χ1v) is 4.25. The highest BCUT2D eigenvalue weighted by molar-refractivity contribution is 6.13. The van der Waals surface area contributed by atoms with Crippen LogP contribution < -0.4 is 4.90 Å². The summed E-state index contributed by atoms with van der Waals surface area (Å²) in [4.78, 5) is 23.4. The average Bonchev–Trinajstić information content (AvgIpc) is 2.07. The van der Waals surface area contributed by atoms with Gasteiger partial charge in [-0.05, 0) is 24.6 Å². The van der Waals surface area contributed by atoms with E-state index in [0.29, 0.717) is 5.69 Å². The third-order valence-corrected chi connectivity index (χ3v) is 1.82. The van der Waals surface area contributed by atoms with Crippen LogP contribution in [0, 0.1) is 6.92 Å². The van der Waals surface area contributed by atoms with E-state index in [1.165, 1.54) is 13.8 Å². The van der Waals surface area contributed by atoms with Gasteiger partial charge >= 0.3 is 0 Å². The van der Waals surface area contributed by atoms with Crippen molar-refractivity contribution < 1.29 is 9.59 Å². The molecule has 0 aromatic heterocycles. The molecule has 1 aromatic carbocycles. The number of amides is 2. The number of carbonyl (C=O) groups excluding carboxylic acids is 2. The van der Waals surface area contributed by atoms with Crippen LogP contribution >= 0.6 is 0 Å². The fourth-order valence-electron chi connectivity index (χ4n) is 1.23. The number of hydrogen-bond donors (Lipinski definition) is 0. The lowest BCUT2D eigenvalue weighted by molar-refractivity contribution is -0.124. The van der Waals surface area contributed by atoms with Gasteiger partial charge in [-0.15, -0.1) is 0 Å². The van der Waals surface area contributed by atoms with Crippen LogP contribution in [0.5, 0.6) is 0 Å². The maximum Gasteiger partial charge on any atom is 0.230 e. The molecule has 0 aliphatic carbocycles. The lowest BCUT2D eigenvalue weighted by Crippen LogP contribution is -2.32. The van der Waals surface area contributed by atoms with Gasteiger partial charge in [0.25, 0.3) is 0 Å². The Morgan fingerprint density at radius 3 is 1.86 bits per heavy atom. The van der Waals surface area contributed by atoms with Crippen molar-refractivity contribution in [3.05, 3.63) is 36.8 Å². The average molecular weight is 190 g/mol. The molecule has 0 saturated carbocycles. The van der Waals surface area contributed by atoms with Gasteiger partial charge in [-0.1, -0.05) is 12.1 Å². The number of imide groups is 1. The first kappa shape index (κ1) is 10.4. The molecule has 1 aromatic rings. The predicted molar refractivity (Wildman–Crippen MR) is 54.7 cm³/mol. The van der Waals surface area contributed by atoms with Crippen molar-refractivity contribution in [3.63, 3.8) is 0 Å². The second-order valence-corrected chi connectivity index (χ2v) is 3.04. The number of benzene rings is 1. The third-order valence-electron chi connectivity index (χ3n) is 1.82. The van der Waals surface area contributed by atoms with Gasteiger partial charge in [0.05, 0.1) is 5.69 Å². The molecule has 0 saturated heterocycles. The van der Waals surface area contributed by atoms with Crippen molar-refractivity contribution in [2.45, 2.75) is 13.8 Å². The minimum Gasteiger partial charge on any atom is -0.274 e. The van der Waals surface area contributed by atoms with Crippen LogP contribution in [0.2, 0.25) is 0 Å². The van der Waals surface area contributed by atoms with E-state index in [0.717, 1.165) is 10.5 Å². The largest absolute Gasteiger partial charge is 0.274 e. The molecule has 0 spiro atoms. The molecule has 3 heteroatoms. The summed E-state index contributed by atoms with van der Waals surface area (Å²) in [6, 6.07) is 6.92. The Morgan fingerprint density at radius 1 is 1.07 bits per heavy atom. The smallest absolute Gasteiger partial charge is 0.230 e. The van der Waals surface area contributed by atoms with Gasteiger partial charge in [-0.2, -0.15) is 0 Å². The molecule has 0 fully saturated rings. The van der Waals surface area contributed by atoms with Gasteiger partial charge in [-0.3, -0.25) is 14.5 Å². The molecule has 0 aliphatic heterocycles. The summed E-state index contributed by atoms with van der Waals surface area (Å²) >= 11 is 0. The van der Waals surface area contributed by atoms with Crippen molar-refractivity contribution in [2.75, 3.05) is 4.90 Å². The number of carbonyl (C=O) groups is 2. The molecule has 0 heterocycles. The summed E-state index contributed by atoms with van der Waals surface area (Å²) < 4.78 is 0. The maximum absolute atomic E-state index is 11.2. The minimum atomic E-state index is -0.283. The van der Waals surface area contributed by atoms with E-state index in [1.807, 2.05) is 0 Å². The van der Waals surface area contributed by atoms with Gasteiger partial charge < -0.3 is 0 Å². The van der Waals surface area contributed by atoms with Crippen molar-refractivity contribution >= 4 is 17.5 Å². The summed E-state index contributed by atoms with van der Waals surface area (Å²) in [5.74, 6) is -0.566. The molecule has 0 aliphatic rings. The van der Waals surface area contributed by atoms with Gasteiger partial charge in [-0.25, -0.2) is 0 Å². The minimum absolute atomic E-state index is 0.283. The lowest BCUT2D eigenvalue weighted by atomic mass is 10.2. The molecule has 14 heavy (non-hydrogen) atoms. The summed E-state index contributed by atoms with van der Waals surface area (Å²) in [6.45, 7) is 6.44. The second-order valence-electron chi connectivity index (χ2n) is 3.04. The monoisotopic (exact) mass is 190 g/mol. The SMILES string of the molecule is [CH2]c1ccc(N(C(C)=O)C(C)=O)cc1. The molecular weight excluding hydrogens is 178 g/mol. The first-order chi connectivity index (χ1) is 6.52. The highest BCUT2D eigenvalue weighted by atomic mass is 16.2. The van der Waals surface area contributed by atoms with Gasteiger partial charge in [0, 0.05) is 13.8 Å². The number of nitrogens with zero attached hydrogens (tertiary/aromatic N) is 1. The lowest BCUT2D eigenvalue weighted by Gasteiger charge is -2.16. The molecule has 1 rings (SSSR count). The zero-order valence-electron chi connectivity index (χ0n) is 8.28. The molecule has 3 nitrogen and oxygen atoms in total. The van der Waals surface area contributed by atoms with Crippen LogP contribution in [0.4, 0.5) is 5.69 Å². The Hall–Kier alpha value is -1.64. The Labute approximate surface area is 83.3 Å². The Bertz CT molecular complexity index is 340. The highest BCUT2D eigenvalue weighted by Crippen LogP contribution is 2.15. The third kappa shape index (κ3) is 2.19. The zero-order valence-corrected chi connectivity index (χ0v) is 8.28. The van der Waals surface area contributed by atoms with Crippen LogP contribution in [0.15, 0.2) is 24.3 Å². The van der Waals surface area contributed by atoms with Crippen LogP contribution in [0.25, 0.3) is 0 Å². The van der Waals surface area contributed by atoms with E-state index in [-0.39, 0.29) is 11.8 Å². The van der Waals surface area contributed by atoms with Crippen LogP contribution in [-0.2, 0) is 9.59 Å². The summed E-state index contributed by atoms with van der Waals surface area (Å²) in [6.07, 6.45) is 0. The standard InChI is InChI=1S/C11H12NO2/c1-8-4-6-11(7-5-8)12(9(2)13)10(3)14/h4-7H,1H2,2-3H3. The summed E-state index contributed by atoms with van der Waals surface area (Å²) in [5, 5.41) is 0. The predicted octanol–water partition coefficient (Wildman–Crippen LogP) is 1.77. The summed E-state index contributed by atoms with van der Waals surface area (Å²) in [7, 11) is 0. The van der Waals surface area contributed by atoms with Crippen LogP contribution in [-0.4, -0.2) is 11.8 Å². The van der Waals surface area contributed by atoms with Crippen molar-refractivity contribution in [1.82, 2.24) is 0 Å². The zero-order chi connectivity index (χ0) is 10.7. The van der Waals surface area contributed by atoms with E-state index in [2.05, 4.69) is 6.92 Å². The fourth-order valence-corrected chi connectivity index (χ4v) is 1.23. The number of anilines is 1. The van der Waals surface area contributed by atoms with Gasteiger partial charge in [0.2, 0.25) is 11.8 Å². The molecule has 1 radical (unpaired) electrons. The van der Waals surface area contributed by atoms with Crippen molar-refractivity contribution in [2.24, 2.45) is 0 Å². The molecule has 0 bridgehead atoms.